The van der Waals surface area contributed by atoms with Crippen molar-refractivity contribution >= 4 is 22.4 Å². The molecule has 0 amide bonds. The highest BCUT2D eigenvalue weighted by atomic mass is 15.1. The predicted octanol–water partition coefficient (Wildman–Crippen LogP) is 4.93. The summed E-state index contributed by atoms with van der Waals surface area (Å²) >= 11 is 0. The van der Waals surface area contributed by atoms with Crippen LogP contribution < -0.4 is 5.32 Å². The second-order valence-electron chi connectivity index (χ2n) is 7.28. The molecule has 4 aromatic rings. The van der Waals surface area contributed by atoms with E-state index >= 15 is 0 Å². The van der Waals surface area contributed by atoms with E-state index in [2.05, 4.69) is 80.8 Å². The molecule has 0 aliphatic carbocycles. The third kappa shape index (κ3) is 3.47. The molecular formula is C24H22N4. The average molecular weight is 366 g/mol. The molecule has 1 aliphatic heterocycles. The fraction of sp³-hybridized carbons (Fsp3) is 0.167. The van der Waals surface area contributed by atoms with E-state index in [-0.39, 0.29) is 0 Å². The number of anilines is 2. The van der Waals surface area contributed by atoms with E-state index in [0.29, 0.717) is 0 Å². The fourth-order valence-corrected chi connectivity index (χ4v) is 3.92. The van der Waals surface area contributed by atoms with E-state index in [1.165, 1.54) is 16.7 Å². The molecule has 3 heterocycles. The number of hydrogen-bond acceptors (Lipinski definition) is 4. The minimum Gasteiger partial charge on any atom is -0.340 e. The van der Waals surface area contributed by atoms with Crippen molar-refractivity contribution in [3.05, 3.63) is 95.8 Å². The third-order valence-electron chi connectivity index (χ3n) is 5.34. The average Bonchev–Trinajstić information content (AvgIpc) is 2.74. The lowest BCUT2D eigenvalue weighted by molar-refractivity contribution is 0.245. The Balaban J connectivity index is 1.37. The van der Waals surface area contributed by atoms with Crippen molar-refractivity contribution < 1.29 is 0 Å². The maximum absolute atomic E-state index is 4.63. The molecule has 1 N–H and O–H groups in total. The van der Waals surface area contributed by atoms with Gasteiger partial charge in [-0.2, -0.15) is 0 Å². The molecule has 0 spiro atoms. The quantitative estimate of drug-likeness (QED) is 0.556. The molecule has 0 atom stereocenters. The molecule has 5 rings (SSSR count). The smallest absolute Gasteiger partial charge is 0.133 e. The number of nitrogens with zero attached hydrogens (tertiary/aromatic N) is 3. The summed E-state index contributed by atoms with van der Waals surface area (Å²) in [6.07, 6.45) is 4.75. The Morgan fingerprint density at radius 1 is 0.893 bits per heavy atom. The van der Waals surface area contributed by atoms with Gasteiger partial charge in [-0.15, -0.1) is 0 Å². The van der Waals surface area contributed by atoms with Gasteiger partial charge in [0, 0.05) is 48.7 Å². The molecule has 0 unspecified atom stereocenters. The van der Waals surface area contributed by atoms with Gasteiger partial charge in [0.05, 0.1) is 5.52 Å². The Morgan fingerprint density at radius 3 is 2.75 bits per heavy atom. The van der Waals surface area contributed by atoms with Gasteiger partial charge >= 0.3 is 0 Å². The highest BCUT2D eigenvalue weighted by Crippen LogP contribution is 2.28. The Bertz CT molecular complexity index is 1110. The number of nitrogens with one attached hydrogen (secondary N) is 1. The highest BCUT2D eigenvalue weighted by Gasteiger charge is 2.19. The van der Waals surface area contributed by atoms with E-state index in [1.807, 2.05) is 18.5 Å². The summed E-state index contributed by atoms with van der Waals surface area (Å²) in [6.45, 7) is 3.00. The minimum absolute atomic E-state index is 0.961. The van der Waals surface area contributed by atoms with Gasteiger partial charge in [0.2, 0.25) is 0 Å². The Kier molecular flexibility index (Phi) is 4.47. The van der Waals surface area contributed by atoms with Crippen LogP contribution in [0.25, 0.3) is 10.9 Å². The number of aromatic nitrogens is 2. The van der Waals surface area contributed by atoms with Crippen LogP contribution in [0.5, 0.6) is 0 Å². The molecule has 138 valence electrons. The molecular weight excluding hydrogens is 344 g/mol. The van der Waals surface area contributed by atoms with E-state index in [1.54, 1.807) is 0 Å². The van der Waals surface area contributed by atoms with Crippen LogP contribution in [-0.4, -0.2) is 21.4 Å². The first kappa shape index (κ1) is 16.9. The van der Waals surface area contributed by atoms with Crippen LogP contribution in [0.1, 0.15) is 16.7 Å². The number of benzene rings is 2. The summed E-state index contributed by atoms with van der Waals surface area (Å²) in [4.78, 5) is 11.5. The van der Waals surface area contributed by atoms with Gasteiger partial charge in [-0.3, -0.25) is 9.88 Å². The van der Waals surface area contributed by atoms with E-state index in [9.17, 15) is 0 Å². The Labute approximate surface area is 164 Å². The molecule has 0 fully saturated rings. The van der Waals surface area contributed by atoms with Gasteiger partial charge < -0.3 is 5.32 Å². The standard InChI is InChI=1S/C24H22N4/c1-2-5-18(6-3-1)16-28-14-11-22-20(17-28)10-13-26-24(22)27-21-8-9-23-19(15-21)7-4-12-25-23/h1-10,12-13,15H,11,14,16-17H2,(H,26,27). The van der Waals surface area contributed by atoms with Crippen LogP contribution in [0, 0.1) is 0 Å². The van der Waals surface area contributed by atoms with Crippen molar-refractivity contribution in [1.82, 2.24) is 14.9 Å². The van der Waals surface area contributed by atoms with E-state index < -0.39 is 0 Å². The summed E-state index contributed by atoms with van der Waals surface area (Å²) in [5.74, 6) is 0.972. The van der Waals surface area contributed by atoms with Crippen LogP contribution in [0.3, 0.4) is 0 Å². The van der Waals surface area contributed by atoms with Crippen LogP contribution in [-0.2, 0) is 19.5 Å². The normalized spacial score (nSPS) is 14.0. The highest BCUT2D eigenvalue weighted by molar-refractivity contribution is 5.83. The predicted molar refractivity (Wildman–Crippen MR) is 114 cm³/mol. The number of hydrogen-bond donors (Lipinski definition) is 1. The van der Waals surface area contributed by atoms with Crippen molar-refractivity contribution in [2.24, 2.45) is 0 Å². The lowest BCUT2D eigenvalue weighted by atomic mass is 10.00. The molecule has 0 saturated heterocycles. The summed E-state index contributed by atoms with van der Waals surface area (Å²) in [5.41, 5.74) is 6.11. The second-order valence-corrected chi connectivity index (χ2v) is 7.28. The third-order valence-corrected chi connectivity index (χ3v) is 5.34. The topological polar surface area (TPSA) is 41.1 Å². The molecule has 0 saturated carbocycles. The molecule has 28 heavy (non-hydrogen) atoms. The monoisotopic (exact) mass is 366 g/mol. The molecule has 2 aromatic heterocycles. The zero-order chi connectivity index (χ0) is 18.8. The molecule has 2 aromatic carbocycles. The van der Waals surface area contributed by atoms with E-state index in [4.69, 9.17) is 0 Å². The molecule has 1 aliphatic rings. The number of fused-ring (bicyclic) bond motifs is 2. The molecule has 4 nitrogen and oxygen atoms in total. The first-order valence-electron chi connectivity index (χ1n) is 9.70. The summed E-state index contributed by atoms with van der Waals surface area (Å²) in [5, 5.41) is 4.66. The van der Waals surface area contributed by atoms with Crippen molar-refractivity contribution in [1.29, 1.82) is 0 Å². The Morgan fingerprint density at radius 2 is 1.82 bits per heavy atom. The molecule has 0 radical (unpaired) electrons. The van der Waals surface area contributed by atoms with Crippen molar-refractivity contribution in [3.63, 3.8) is 0 Å². The van der Waals surface area contributed by atoms with Crippen LogP contribution in [0.2, 0.25) is 0 Å². The maximum atomic E-state index is 4.63. The molecule has 0 bridgehead atoms. The fourth-order valence-electron chi connectivity index (χ4n) is 3.92. The zero-order valence-electron chi connectivity index (χ0n) is 15.7. The zero-order valence-corrected chi connectivity index (χ0v) is 15.7. The summed E-state index contributed by atoms with van der Waals surface area (Å²) < 4.78 is 0. The number of rotatable bonds is 4. The first-order chi connectivity index (χ1) is 13.8. The van der Waals surface area contributed by atoms with Gasteiger partial charge in [0.25, 0.3) is 0 Å². The van der Waals surface area contributed by atoms with Crippen LogP contribution in [0.15, 0.2) is 79.1 Å². The molecule has 4 heteroatoms. The first-order valence-corrected chi connectivity index (χ1v) is 9.70. The lowest BCUT2D eigenvalue weighted by Gasteiger charge is -2.29. The van der Waals surface area contributed by atoms with Gasteiger partial charge in [0.1, 0.15) is 5.82 Å². The van der Waals surface area contributed by atoms with Crippen molar-refractivity contribution in [2.75, 3.05) is 11.9 Å². The second kappa shape index (κ2) is 7.41. The largest absolute Gasteiger partial charge is 0.340 e. The van der Waals surface area contributed by atoms with E-state index in [0.717, 1.165) is 48.5 Å². The Hall–Kier alpha value is -3.24. The van der Waals surface area contributed by atoms with Gasteiger partial charge in [-0.1, -0.05) is 36.4 Å². The van der Waals surface area contributed by atoms with Crippen LogP contribution >= 0.6 is 0 Å². The summed E-state index contributed by atoms with van der Waals surface area (Å²) in [6, 6.07) is 23.1. The minimum atomic E-state index is 0.961. The SMILES string of the molecule is c1ccc(CN2CCc3c(ccnc3Nc3ccc4ncccc4c3)C2)cc1. The van der Waals surface area contributed by atoms with Crippen LogP contribution in [0.4, 0.5) is 11.5 Å². The van der Waals surface area contributed by atoms with Crippen molar-refractivity contribution in [3.8, 4) is 0 Å². The van der Waals surface area contributed by atoms with Gasteiger partial charge in [-0.25, -0.2) is 4.98 Å². The van der Waals surface area contributed by atoms with Gasteiger partial charge in [-0.05, 0) is 47.9 Å². The van der Waals surface area contributed by atoms with Crippen molar-refractivity contribution in [2.45, 2.75) is 19.5 Å². The summed E-state index contributed by atoms with van der Waals surface area (Å²) in [7, 11) is 0. The maximum Gasteiger partial charge on any atom is 0.133 e. The van der Waals surface area contributed by atoms with Gasteiger partial charge in [0.15, 0.2) is 0 Å². The lowest BCUT2D eigenvalue weighted by Crippen LogP contribution is -2.30. The number of pyridine rings is 2.